The minimum Gasteiger partial charge on any atom is -0.329 e. The molecule has 0 saturated carbocycles. The number of nitrogens with one attached hydrogen (secondary N) is 1. The van der Waals surface area contributed by atoms with Gasteiger partial charge < -0.3 is 5.32 Å². The van der Waals surface area contributed by atoms with Gasteiger partial charge in [0.25, 0.3) is 5.91 Å². The molecule has 0 aliphatic rings. The Hall–Kier alpha value is -1.10. The SMILES string of the molecule is C=CNC(=O)C=S(=O)=O. The molecule has 0 unspecified atom stereocenters. The van der Waals surface area contributed by atoms with Gasteiger partial charge >= 0.3 is 0 Å². The van der Waals surface area contributed by atoms with E-state index in [9.17, 15) is 13.2 Å². The van der Waals surface area contributed by atoms with E-state index >= 15 is 0 Å². The van der Waals surface area contributed by atoms with E-state index in [0.29, 0.717) is 5.37 Å². The van der Waals surface area contributed by atoms with E-state index in [1.807, 2.05) is 0 Å². The van der Waals surface area contributed by atoms with Crippen molar-refractivity contribution in [3.63, 3.8) is 0 Å². The van der Waals surface area contributed by atoms with Crippen LogP contribution in [0.5, 0.6) is 0 Å². The third-order valence-electron chi connectivity index (χ3n) is 0.448. The van der Waals surface area contributed by atoms with Gasteiger partial charge in [0.05, 0.1) is 0 Å². The van der Waals surface area contributed by atoms with E-state index in [-0.39, 0.29) is 0 Å². The molecule has 0 aliphatic heterocycles. The molecule has 0 aromatic carbocycles. The number of carbonyl (C=O) groups is 1. The molecule has 0 bridgehead atoms. The molecule has 0 aromatic heterocycles. The van der Waals surface area contributed by atoms with Crippen LogP contribution in [0.3, 0.4) is 0 Å². The number of rotatable bonds is 2. The lowest BCUT2D eigenvalue weighted by Gasteiger charge is -1.84. The molecule has 0 atom stereocenters. The van der Waals surface area contributed by atoms with Crippen LogP contribution in [0.2, 0.25) is 0 Å². The van der Waals surface area contributed by atoms with Crippen molar-refractivity contribution in [1.82, 2.24) is 5.32 Å². The average Bonchev–Trinajstić information content (AvgIpc) is 1.63. The highest BCUT2D eigenvalue weighted by Gasteiger charge is 1.88. The number of amides is 1. The fourth-order valence-electron chi connectivity index (χ4n) is 0.222. The topological polar surface area (TPSA) is 63.2 Å². The van der Waals surface area contributed by atoms with Crippen molar-refractivity contribution >= 4 is 21.6 Å². The molecule has 50 valence electrons. The summed E-state index contributed by atoms with van der Waals surface area (Å²) in [5.41, 5.74) is 0. The van der Waals surface area contributed by atoms with Gasteiger partial charge in [0.15, 0.2) is 0 Å². The Morgan fingerprint density at radius 2 is 2.11 bits per heavy atom. The summed E-state index contributed by atoms with van der Waals surface area (Å²) in [4.78, 5) is 10.2. The first kappa shape index (κ1) is 7.90. The Morgan fingerprint density at radius 1 is 1.56 bits per heavy atom. The van der Waals surface area contributed by atoms with E-state index in [2.05, 4.69) is 11.9 Å². The maximum absolute atomic E-state index is 10.2. The maximum atomic E-state index is 10.2. The first-order chi connectivity index (χ1) is 4.16. The number of hydrogen-bond donors (Lipinski definition) is 1. The summed E-state index contributed by atoms with van der Waals surface area (Å²) in [6.45, 7) is 3.16. The molecule has 0 radical (unpaired) electrons. The Balaban J connectivity index is 4.09. The van der Waals surface area contributed by atoms with E-state index in [4.69, 9.17) is 0 Å². The molecular weight excluding hydrogens is 142 g/mol. The summed E-state index contributed by atoms with van der Waals surface area (Å²) in [6, 6.07) is 0. The summed E-state index contributed by atoms with van der Waals surface area (Å²) in [6.07, 6.45) is 1.10. The fourth-order valence-corrected chi connectivity index (χ4v) is 0.465. The summed E-state index contributed by atoms with van der Waals surface area (Å²) < 4.78 is 19.5. The quantitative estimate of drug-likeness (QED) is 0.506. The lowest BCUT2D eigenvalue weighted by Crippen LogP contribution is -2.17. The molecule has 9 heavy (non-hydrogen) atoms. The summed E-state index contributed by atoms with van der Waals surface area (Å²) in [5.74, 6) is -0.696. The lowest BCUT2D eigenvalue weighted by molar-refractivity contribution is -0.113. The predicted molar refractivity (Wildman–Crippen MR) is 33.3 cm³/mol. The standard InChI is InChI=1S/C4H5NO3S/c1-2-5-4(6)3-9(7)8/h2-3H,1H2,(H,5,6). The third-order valence-corrected chi connectivity index (χ3v) is 0.854. The van der Waals surface area contributed by atoms with E-state index in [0.717, 1.165) is 6.20 Å². The van der Waals surface area contributed by atoms with Crippen LogP contribution in [0.25, 0.3) is 0 Å². The molecule has 4 nitrogen and oxygen atoms in total. The monoisotopic (exact) mass is 147 g/mol. The Kier molecular flexibility index (Phi) is 3.38. The molecular formula is C4H5NO3S. The van der Waals surface area contributed by atoms with Crippen molar-refractivity contribution in [1.29, 1.82) is 0 Å². The van der Waals surface area contributed by atoms with Gasteiger partial charge in [-0.3, -0.25) is 4.79 Å². The van der Waals surface area contributed by atoms with Crippen molar-refractivity contribution in [2.24, 2.45) is 0 Å². The molecule has 0 aliphatic carbocycles. The Labute approximate surface area is 53.7 Å². The largest absolute Gasteiger partial charge is 0.329 e. The fraction of sp³-hybridized carbons (Fsp3) is 0. The zero-order valence-electron chi connectivity index (χ0n) is 4.49. The van der Waals surface area contributed by atoms with Crippen LogP contribution in [0.1, 0.15) is 0 Å². The van der Waals surface area contributed by atoms with Crippen LogP contribution in [0.4, 0.5) is 0 Å². The first-order valence-electron chi connectivity index (χ1n) is 2.01. The van der Waals surface area contributed by atoms with Gasteiger partial charge in [-0.15, -0.1) is 0 Å². The molecule has 1 N–H and O–H groups in total. The van der Waals surface area contributed by atoms with Gasteiger partial charge in [0.2, 0.25) is 10.3 Å². The van der Waals surface area contributed by atoms with Crippen LogP contribution >= 0.6 is 0 Å². The Bertz CT molecular complexity index is 231. The molecule has 0 heterocycles. The molecule has 0 fully saturated rings. The minimum atomic E-state index is -2.43. The van der Waals surface area contributed by atoms with Crippen molar-refractivity contribution in [2.45, 2.75) is 0 Å². The van der Waals surface area contributed by atoms with Crippen LogP contribution in [-0.4, -0.2) is 19.7 Å². The molecule has 0 spiro atoms. The van der Waals surface area contributed by atoms with Crippen LogP contribution in [-0.2, 0) is 15.1 Å². The Morgan fingerprint density at radius 3 is 2.44 bits per heavy atom. The highest BCUT2D eigenvalue weighted by Crippen LogP contribution is 1.55. The molecule has 1 amide bonds. The molecule has 0 saturated heterocycles. The maximum Gasteiger partial charge on any atom is 0.263 e. The second kappa shape index (κ2) is 3.85. The zero-order chi connectivity index (χ0) is 7.28. The lowest BCUT2D eigenvalue weighted by atomic mass is 10.7. The van der Waals surface area contributed by atoms with E-state index in [1.54, 1.807) is 0 Å². The third kappa shape index (κ3) is 4.76. The second-order valence-electron chi connectivity index (χ2n) is 1.09. The summed E-state index contributed by atoms with van der Waals surface area (Å²) in [7, 11) is -2.43. The van der Waals surface area contributed by atoms with E-state index in [1.165, 1.54) is 0 Å². The van der Waals surface area contributed by atoms with Gasteiger partial charge in [0, 0.05) is 0 Å². The summed E-state index contributed by atoms with van der Waals surface area (Å²) >= 11 is 0. The molecule has 0 aromatic rings. The van der Waals surface area contributed by atoms with Gasteiger partial charge in [0.1, 0.15) is 5.37 Å². The van der Waals surface area contributed by atoms with Crippen LogP contribution < -0.4 is 5.32 Å². The van der Waals surface area contributed by atoms with Crippen LogP contribution in [0, 0.1) is 0 Å². The van der Waals surface area contributed by atoms with Gasteiger partial charge in [-0.2, -0.15) is 8.42 Å². The van der Waals surface area contributed by atoms with Crippen molar-refractivity contribution in [3.05, 3.63) is 12.8 Å². The molecule has 5 heteroatoms. The highest BCUT2D eigenvalue weighted by molar-refractivity contribution is 7.73. The average molecular weight is 147 g/mol. The van der Waals surface area contributed by atoms with Crippen LogP contribution in [0.15, 0.2) is 12.8 Å². The van der Waals surface area contributed by atoms with Gasteiger partial charge in [-0.25, -0.2) is 0 Å². The zero-order valence-corrected chi connectivity index (χ0v) is 5.31. The minimum absolute atomic E-state index is 0.516. The highest BCUT2D eigenvalue weighted by atomic mass is 32.2. The molecule has 0 rings (SSSR count). The second-order valence-corrected chi connectivity index (χ2v) is 1.85. The first-order valence-corrected chi connectivity index (χ1v) is 3.15. The van der Waals surface area contributed by atoms with Gasteiger partial charge in [-0.05, 0) is 6.20 Å². The van der Waals surface area contributed by atoms with Gasteiger partial charge in [-0.1, -0.05) is 6.58 Å². The smallest absolute Gasteiger partial charge is 0.263 e. The van der Waals surface area contributed by atoms with Crippen molar-refractivity contribution in [2.75, 3.05) is 0 Å². The number of carbonyl (C=O) groups excluding carboxylic acids is 1. The summed E-state index contributed by atoms with van der Waals surface area (Å²) in [5, 5.41) is 2.57. The predicted octanol–water partition coefficient (Wildman–Crippen LogP) is -1.07. The van der Waals surface area contributed by atoms with E-state index < -0.39 is 16.2 Å². The van der Waals surface area contributed by atoms with Crippen molar-refractivity contribution < 1.29 is 13.2 Å². The normalized spacial score (nSPS) is 7.56. The van der Waals surface area contributed by atoms with Crippen molar-refractivity contribution in [3.8, 4) is 0 Å². The number of hydrogen-bond acceptors (Lipinski definition) is 3.